The molecule has 3 rings (SSSR count). The van der Waals surface area contributed by atoms with Gasteiger partial charge in [0.15, 0.2) is 5.69 Å². The zero-order chi connectivity index (χ0) is 11.8. The first-order valence-electron chi connectivity index (χ1n) is 5.00. The second-order valence-electron chi connectivity index (χ2n) is 3.61. The highest BCUT2D eigenvalue weighted by Gasteiger charge is 2.15. The molecule has 5 heteroatoms. The molecule has 2 heterocycles. The molecule has 0 fully saturated rings. The topological polar surface area (TPSA) is 66.0 Å². The summed E-state index contributed by atoms with van der Waals surface area (Å²) in [4.78, 5) is 18.7. The van der Waals surface area contributed by atoms with Gasteiger partial charge in [-0.15, -0.1) is 11.3 Å². The Morgan fingerprint density at radius 2 is 2.24 bits per heavy atom. The van der Waals surface area contributed by atoms with E-state index in [9.17, 15) is 4.79 Å². The van der Waals surface area contributed by atoms with Crippen LogP contribution in [0.4, 0.5) is 0 Å². The lowest BCUT2D eigenvalue weighted by atomic mass is 10.1. The van der Waals surface area contributed by atoms with Crippen molar-refractivity contribution in [2.45, 2.75) is 0 Å². The number of nitrogens with one attached hydrogen (secondary N) is 1. The van der Waals surface area contributed by atoms with Crippen LogP contribution >= 0.6 is 11.3 Å². The van der Waals surface area contributed by atoms with E-state index in [0.29, 0.717) is 4.88 Å². The maximum absolute atomic E-state index is 11.0. The van der Waals surface area contributed by atoms with Crippen LogP contribution in [0.3, 0.4) is 0 Å². The maximum atomic E-state index is 11.0. The minimum atomic E-state index is -0.990. The number of aromatic nitrogens is 2. The number of nitrogens with zero attached hydrogens (tertiary/aromatic N) is 1. The van der Waals surface area contributed by atoms with Gasteiger partial charge < -0.3 is 10.1 Å². The first-order chi connectivity index (χ1) is 8.25. The summed E-state index contributed by atoms with van der Waals surface area (Å²) in [5.74, 6) is -0.990. The van der Waals surface area contributed by atoms with Crippen LogP contribution in [-0.4, -0.2) is 21.0 Å². The van der Waals surface area contributed by atoms with E-state index in [4.69, 9.17) is 5.11 Å². The lowest BCUT2D eigenvalue weighted by molar-refractivity contribution is 0.0692. The van der Waals surface area contributed by atoms with Crippen LogP contribution in [0.15, 0.2) is 36.0 Å². The number of aromatic amines is 1. The first-order valence-corrected chi connectivity index (χ1v) is 5.88. The van der Waals surface area contributed by atoms with Crippen molar-refractivity contribution in [2.24, 2.45) is 0 Å². The van der Waals surface area contributed by atoms with Crippen molar-refractivity contribution in [3.63, 3.8) is 0 Å². The van der Waals surface area contributed by atoms with E-state index in [0.717, 1.165) is 16.5 Å². The molecule has 0 bridgehead atoms. The Morgan fingerprint density at radius 1 is 1.35 bits per heavy atom. The van der Waals surface area contributed by atoms with Gasteiger partial charge in [0.05, 0.1) is 10.4 Å². The smallest absolute Gasteiger partial charge is 0.356 e. The molecule has 2 N–H and O–H groups in total. The van der Waals surface area contributed by atoms with Gasteiger partial charge >= 0.3 is 5.97 Å². The number of thiazole rings is 1. The SMILES string of the molecule is O=C(O)c1ncsc1-c1ccc2[nH]ccc2c1. The van der Waals surface area contributed by atoms with Gasteiger partial charge in [-0.25, -0.2) is 9.78 Å². The van der Waals surface area contributed by atoms with Crippen LogP contribution in [0, 0.1) is 0 Å². The molecule has 3 aromatic rings. The molecule has 17 heavy (non-hydrogen) atoms. The molecule has 0 atom stereocenters. The average Bonchev–Trinajstić information content (AvgIpc) is 2.96. The number of carboxylic acid groups (broad SMARTS) is 1. The van der Waals surface area contributed by atoms with E-state index in [1.165, 1.54) is 11.3 Å². The molecule has 0 saturated heterocycles. The van der Waals surface area contributed by atoms with E-state index < -0.39 is 5.97 Å². The van der Waals surface area contributed by atoms with Gasteiger partial charge in [-0.3, -0.25) is 0 Å². The summed E-state index contributed by atoms with van der Waals surface area (Å²) in [5.41, 5.74) is 3.59. The Bertz CT molecular complexity index is 699. The van der Waals surface area contributed by atoms with Gasteiger partial charge in [0.25, 0.3) is 0 Å². The predicted molar refractivity (Wildman–Crippen MR) is 66.4 cm³/mol. The third kappa shape index (κ3) is 1.60. The average molecular weight is 244 g/mol. The molecule has 0 aliphatic rings. The summed E-state index contributed by atoms with van der Waals surface area (Å²) < 4.78 is 0. The fourth-order valence-corrected chi connectivity index (χ4v) is 2.58. The van der Waals surface area contributed by atoms with Gasteiger partial charge in [-0.2, -0.15) is 0 Å². The third-order valence-corrected chi connectivity index (χ3v) is 3.46. The molecule has 0 aliphatic carbocycles. The minimum Gasteiger partial charge on any atom is -0.476 e. The van der Waals surface area contributed by atoms with Crippen molar-refractivity contribution >= 4 is 28.2 Å². The van der Waals surface area contributed by atoms with E-state index in [-0.39, 0.29) is 5.69 Å². The lowest BCUT2D eigenvalue weighted by Gasteiger charge is -1.99. The number of aromatic carboxylic acids is 1. The Morgan fingerprint density at radius 3 is 3.06 bits per heavy atom. The molecule has 0 spiro atoms. The van der Waals surface area contributed by atoms with Gasteiger partial charge in [-0.1, -0.05) is 6.07 Å². The number of rotatable bonds is 2. The Balaban J connectivity index is 2.19. The van der Waals surface area contributed by atoms with Gasteiger partial charge in [0.2, 0.25) is 0 Å². The molecule has 2 aromatic heterocycles. The zero-order valence-electron chi connectivity index (χ0n) is 8.68. The Labute approximate surface area is 101 Å². The van der Waals surface area contributed by atoms with Crippen molar-refractivity contribution in [2.75, 3.05) is 0 Å². The number of H-pyrrole nitrogens is 1. The maximum Gasteiger partial charge on any atom is 0.356 e. The van der Waals surface area contributed by atoms with Crippen LogP contribution in [0.25, 0.3) is 21.3 Å². The number of benzene rings is 1. The highest BCUT2D eigenvalue weighted by molar-refractivity contribution is 7.13. The molecule has 0 radical (unpaired) electrons. The van der Waals surface area contributed by atoms with E-state index in [1.807, 2.05) is 30.5 Å². The van der Waals surface area contributed by atoms with Crippen LogP contribution in [0.1, 0.15) is 10.5 Å². The summed E-state index contributed by atoms with van der Waals surface area (Å²) in [6.45, 7) is 0. The minimum absolute atomic E-state index is 0.116. The number of carboxylic acids is 1. The number of carbonyl (C=O) groups is 1. The molecule has 0 aliphatic heterocycles. The lowest BCUT2D eigenvalue weighted by Crippen LogP contribution is -1.98. The van der Waals surface area contributed by atoms with Crippen molar-refractivity contribution in [3.8, 4) is 10.4 Å². The summed E-state index contributed by atoms with van der Waals surface area (Å²) >= 11 is 1.34. The molecule has 0 saturated carbocycles. The number of hydrogen-bond acceptors (Lipinski definition) is 3. The number of hydrogen-bond donors (Lipinski definition) is 2. The standard InChI is InChI=1S/C12H8N2O2S/c15-12(16)10-11(17-6-14-10)8-1-2-9-7(5-8)3-4-13-9/h1-6,13H,(H,15,16). The number of fused-ring (bicyclic) bond motifs is 1. The van der Waals surface area contributed by atoms with E-state index in [1.54, 1.807) is 5.51 Å². The van der Waals surface area contributed by atoms with Gasteiger partial charge in [0.1, 0.15) is 0 Å². The zero-order valence-corrected chi connectivity index (χ0v) is 9.49. The summed E-state index contributed by atoms with van der Waals surface area (Å²) in [7, 11) is 0. The first kappa shape index (κ1) is 10.0. The quantitative estimate of drug-likeness (QED) is 0.728. The van der Waals surface area contributed by atoms with E-state index >= 15 is 0 Å². The molecular formula is C12H8N2O2S. The Kier molecular flexibility index (Phi) is 2.19. The fourth-order valence-electron chi connectivity index (χ4n) is 1.80. The van der Waals surface area contributed by atoms with Crippen molar-refractivity contribution < 1.29 is 9.90 Å². The molecule has 0 unspecified atom stereocenters. The largest absolute Gasteiger partial charge is 0.476 e. The van der Waals surface area contributed by atoms with Crippen molar-refractivity contribution in [1.82, 2.24) is 9.97 Å². The highest BCUT2D eigenvalue weighted by atomic mass is 32.1. The van der Waals surface area contributed by atoms with Crippen LogP contribution < -0.4 is 0 Å². The second kappa shape index (κ2) is 3.71. The predicted octanol–water partition coefficient (Wildman–Crippen LogP) is 2.99. The van der Waals surface area contributed by atoms with Crippen LogP contribution in [0.2, 0.25) is 0 Å². The molecule has 1 aromatic carbocycles. The van der Waals surface area contributed by atoms with Crippen molar-refractivity contribution in [1.29, 1.82) is 0 Å². The van der Waals surface area contributed by atoms with Crippen molar-refractivity contribution in [3.05, 3.63) is 41.7 Å². The highest BCUT2D eigenvalue weighted by Crippen LogP contribution is 2.29. The Hall–Kier alpha value is -2.14. The third-order valence-electron chi connectivity index (χ3n) is 2.59. The molecular weight excluding hydrogens is 236 g/mol. The monoisotopic (exact) mass is 244 g/mol. The van der Waals surface area contributed by atoms with Crippen LogP contribution in [0.5, 0.6) is 0 Å². The molecule has 0 amide bonds. The summed E-state index contributed by atoms with van der Waals surface area (Å²) in [6, 6.07) is 7.76. The van der Waals surface area contributed by atoms with Gasteiger partial charge in [0, 0.05) is 11.7 Å². The van der Waals surface area contributed by atoms with Gasteiger partial charge in [-0.05, 0) is 29.1 Å². The molecule has 84 valence electrons. The normalized spacial score (nSPS) is 10.8. The summed E-state index contributed by atoms with van der Waals surface area (Å²) in [5, 5.41) is 10.1. The van der Waals surface area contributed by atoms with Crippen LogP contribution in [-0.2, 0) is 0 Å². The molecule has 4 nitrogen and oxygen atoms in total. The fraction of sp³-hybridized carbons (Fsp3) is 0. The van der Waals surface area contributed by atoms with E-state index in [2.05, 4.69) is 9.97 Å². The summed E-state index contributed by atoms with van der Waals surface area (Å²) in [6.07, 6.45) is 1.86. The second-order valence-corrected chi connectivity index (χ2v) is 4.47.